The van der Waals surface area contributed by atoms with Gasteiger partial charge in [-0.2, -0.15) is 4.31 Å². The second kappa shape index (κ2) is 9.33. The van der Waals surface area contributed by atoms with E-state index in [9.17, 15) is 22.6 Å². The Labute approximate surface area is 165 Å². The van der Waals surface area contributed by atoms with Crippen molar-refractivity contribution in [2.24, 2.45) is 0 Å². The van der Waals surface area contributed by atoms with E-state index in [2.05, 4.69) is 5.32 Å². The molecule has 1 rings (SSSR count). The van der Waals surface area contributed by atoms with Crippen LogP contribution in [0.5, 0.6) is 0 Å². The van der Waals surface area contributed by atoms with Gasteiger partial charge in [0.05, 0.1) is 19.5 Å². The predicted molar refractivity (Wildman–Crippen MR) is 102 cm³/mol. The van der Waals surface area contributed by atoms with E-state index >= 15 is 0 Å². The van der Waals surface area contributed by atoms with Crippen LogP contribution in [0.15, 0.2) is 0 Å². The number of nitrogens with one attached hydrogen (secondary N) is 1. The average Bonchev–Trinajstić information content (AvgIpc) is 2.91. The molecule has 0 radical (unpaired) electrons. The van der Waals surface area contributed by atoms with Gasteiger partial charge in [0.15, 0.2) is 5.78 Å². The van der Waals surface area contributed by atoms with Crippen LogP contribution in [0.2, 0.25) is 0 Å². The van der Waals surface area contributed by atoms with Crippen LogP contribution in [0.4, 0.5) is 0 Å². The number of carbonyl (C=O) groups excluding carboxylic acids is 2. The van der Waals surface area contributed by atoms with Gasteiger partial charge in [0.1, 0.15) is 16.7 Å². The van der Waals surface area contributed by atoms with Crippen LogP contribution in [0, 0.1) is 0 Å². The number of ketones is 1. The van der Waals surface area contributed by atoms with Gasteiger partial charge < -0.3 is 14.4 Å². The first kappa shape index (κ1) is 24.5. The zero-order valence-corrected chi connectivity index (χ0v) is 18.7. The van der Waals surface area contributed by atoms with E-state index in [0.717, 1.165) is 10.6 Å². The molecule has 27 heavy (non-hydrogen) atoms. The van der Waals surface area contributed by atoms with Gasteiger partial charge in [-0.05, 0) is 20.8 Å². The molecule has 0 bridgehead atoms. The van der Waals surface area contributed by atoms with E-state index in [1.54, 1.807) is 20.8 Å². The fourth-order valence-electron chi connectivity index (χ4n) is 2.95. The molecule has 3 unspecified atom stereocenters. The highest BCUT2D eigenvalue weighted by Gasteiger charge is 2.53. The van der Waals surface area contributed by atoms with Crippen molar-refractivity contribution < 1.29 is 31.6 Å². The Balaban J connectivity index is 3.17. The maximum Gasteiger partial charge on any atom is 0.342 e. The number of sulfonamides is 1. The first-order valence-electron chi connectivity index (χ1n) is 8.71. The third-order valence-corrected chi connectivity index (χ3v) is 8.53. The van der Waals surface area contributed by atoms with Crippen LogP contribution in [0.25, 0.3) is 0 Å². The van der Waals surface area contributed by atoms with E-state index in [-0.39, 0.29) is 38.4 Å². The quantitative estimate of drug-likeness (QED) is 0.308. The molecular formula is C15H28ClN2O7PS. The van der Waals surface area contributed by atoms with E-state index in [1.165, 1.54) is 6.92 Å². The zero-order chi connectivity index (χ0) is 21.0. The molecule has 0 spiro atoms. The number of alkyl halides is 1. The molecule has 1 aliphatic rings. The molecular weight excluding hydrogens is 419 g/mol. The molecule has 158 valence electrons. The third kappa shape index (κ3) is 5.52. The van der Waals surface area contributed by atoms with Gasteiger partial charge in [-0.25, -0.2) is 8.42 Å². The molecule has 0 saturated carbocycles. The minimum absolute atomic E-state index is 0.0739. The molecule has 12 heteroatoms. The van der Waals surface area contributed by atoms with Gasteiger partial charge in [-0.15, -0.1) is 11.6 Å². The minimum atomic E-state index is -3.74. The molecule has 0 aromatic rings. The Morgan fingerprint density at radius 3 is 2.19 bits per heavy atom. The summed E-state index contributed by atoms with van der Waals surface area (Å²) in [6.07, 6.45) is 0.975. The Morgan fingerprint density at radius 2 is 1.81 bits per heavy atom. The van der Waals surface area contributed by atoms with Crippen molar-refractivity contribution in [1.82, 2.24) is 9.62 Å². The summed E-state index contributed by atoms with van der Waals surface area (Å²) in [6.45, 7) is 6.12. The number of amides is 1. The number of Topliss-reactive ketones (excluding diaryl/α,β-unsaturated/α-hetero) is 1. The lowest BCUT2D eigenvalue weighted by molar-refractivity contribution is -0.131. The number of carbonyl (C=O) groups is 2. The van der Waals surface area contributed by atoms with Gasteiger partial charge in [0.2, 0.25) is 15.9 Å². The zero-order valence-electron chi connectivity index (χ0n) is 16.2. The van der Waals surface area contributed by atoms with Crippen molar-refractivity contribution in [2.75, 3.05) is 26.0 Å². The Hall–Kier alpha value is -0.510. The highest BCUT2D eigenvalue weighted by atomic mass is 35.5. The maximum atomic E-state index is 12.8. The predicted octanol–water partition coefficient (Wildman–Crippen LogP) is 1.71. The second-order valence-corrected chi connectivity index (χ2v) is 11.2. The summed E-state index contributed by atoms with van der Waals surface area (Å²) in [7, 11) is -7.42. The van der Waals surface area contributed by atoms with Crippen molar-refractivity contribution in [2.45, 2.75) is 57.2 Å². The molecule has 0 aromatic carbocycles. The first-order chi connectivity index (χ1) is 12.4. The van der Waals surface area contributed by atoms with E-state index in [0.29, 0.717) is 0 Å². The van der Waals surface area contributed by atoms with Crippen LogP contribution in [0.3, 0.4) is 0 Å². The Bertz CT molecular complexity index is 707. The summed E-state index contributed by atoms with van der Waals surface area (Å²) in [4.78, 5) is 25.4. The first-order valence-corrected chi connectivity index (χ1v) is 12.6. The third-order valence-electron chi connectivity index (χ3n) is 4.37. The average molecular weight is 447 g/mol. The lowest BCUT2D eigenvalue weighted by Crippen LogP contribution is -2.58. The van der Waals surface area contributed by atoms with Crippen LogP contribution >= 0.6 is 19.2 Å². The Morgan fingerprint density at radius 1 is 1.30 bits per heavy atom. The van der Waals surface area contributed by atoms with Gasteiger partial charge >= 0.3 is 7.60 Å². The monoisotopic (exact) mass is 446 g/mol. The minimum Gasteiger partial charge on any atom is -0.341 e. The number of rotatable bonds is 10. The fourth-order valence-corrected chi connectivity index (χ4v) is 6.25. The van der Waals surface area contributed by atoms with Crippen molar-refractivity contribution in [3.05, 3.63) is 0 Å². The van der Waals surface area contributed by atoms with E-state index in [4.69, 9.17) is 20.6 Å². The van der Waals surface area contributed by atoms with Crippen molar-refractivity contribution in [1.29, 1.82) is 0 Å². The van der Waals surface area contributed by atoms with Crippen LogP contribution in [-0.2, 0) is 33.2 Å². The SMILES string of the molecule is CCOP(=O)(OCC)C(C)C(=O)NC1(C(=O)CC)CC(Cl)N(S(C)(=O)=O)C1. The fraction of sp³-hybridized carbons (Fsp3) is 0.867. The number of halogens is 1. The van der Waals surface area contributed by atoms with Crippen LogP contribution in [-0.4, -0.2) is 67.1 Å². The number of nitrogens with zero attached hydrogens (tertiary/aromatic N) is 1. The van der Waals surface area contributed by atoms with Gasteiger partial charge in [-0.3, -0.25) is 14.2 Å². The molecule has 1 fully saturated rings. The van der Waals surface area contributed by atoms with Crippen molar-refractivity contribution >= 4 is 40.9 Å². The summed E-state index contributed by atoms with van der Waals surface area (Å²) in [5, 5.41) is 2.59. The molecule has 9 nitrogen and oxygen atoms in total. The molecule has 0 aliphatic carbocycles. The Kier molecular flexibility index (Phi) is 8.47. The van der Waals surface area contributed by atoms with E-state index in [1.807, 2.05) is 0 Å². The van der Waals surface area contributed by atoms with Gasteiger partial charge in [-0.1, -0.05) is 6.92 Å². The summed E-state index contributed by atoms with van der Waals surface area (Å²) in [5.74, 6) is -1.08. The summed E-state index contributed by atoms with van der Waals surface area (Å²) in [5.41, 5.74) is -3.64. The van der Waals surface area contributed by atoms with Crippen molar-refractivity contribution in [3.8, 4) is 0 Å². The molecule has 1 heterocycles. The number of hydrogen-bond donors (Lipinski definition) is 1. The topological polar surface area (TPSA) is 119 Å². The molecule has 3 atom stereocenters. The molecule has 1 N–H and O–H groups in total. The molecule has 1 aliphatic heterocycles. The number of hydrogen-bond acceptors (Lipinski definition) is 7. The molecule has 1 saturated heterocycles. The highest BCUT2D eigenvalue weighted by Crippen LogP contribution is 2.53. The molecule has 0 aromatic heterocycles. The largest absolute Gasteiger partial charge is 0.342 e. The normalized spacial score (nSPS) is 25.3. The summed E-state index contributed by atoms with van der Waals surface area (Å²) in [6, 6.07) is 0. The van der Waals surface area contributed by atoms with Gasteiger partial charge in [0.25, 0.3) is 0 Å². The second-order valence-electron chi connectivity index (χ2n) is 6.35. The maximum absolute atomic E-state index is 12.8. The van der Waals surface area contributed by atoms with Gasteiger partial charge in [0, 0.05) is 19.4 Å². The van der Waals surface area contributed by atoms with Crippen LogP contribution in [0.1, 0.15) is 40.5 Å². The highest BCUT2D eigenvalue weighted by molar-refractivity contribution is 7.88. The van der Waals surface area contributed by atoms with Crippen molar-refractivity contribution in [3.63, 3.8) is 0 Å². The summed E-state index contributed by atoms with van der Waals surface area (Å²) < 4.78 is 48.0. The lowest BCUT2D eigenvalue weighted by Gasteiger charge is -2.31. The summed E-state index contributed by atoms with van der Waals surface area (Å²) >= 11 is 6.14. The van der Waals surface area contributed by atoms with Crippen LogP contribution < -0.4 is 5.32 Å². The smallest absolute Gasteiger partial charge is 0.341 e. The lowest BCUT2D eigenvalue weighted by atomic mass is 9.91. The van der Waals surface area contributed by atoms with E-state index < -0.39 is 40.2 Å². The standard InChI is InChI=1S/C15H28ClN2O7PS/c1-6-12(19)15(9-13(16)18(10-15)27(5,22)23)17-14(20)11(4)26(21,24-7-2)25-8-3/h11,13H,6-10H2,1-5H3,(H,17,20). The molecule has 1 amide bonds.